The van der Waals surface area contributed by atoms with Crippen LogP contribution in [0, 0.1) is 0 Å². The monoisotopic (exact) mass is 334 g/mol. The summed E-state index contributed by atoms with van der Waals surface area (Å²) < 4.78 is 31.7. The molecule has 7 heteroatoms. The lowest BCUT2D eigenvalue weighted by Gasteiger charge is -2.20. The standard InChI is InChI=1S/C14H23ClN2O3S/c1-6-17(4)21(18,19)13-8-12(15)7-11(14(13)20-5)9-16-10(2)3/h7-8,10,16H,6,9H2,1-5H3. The maximum atomic E-state index is 12.6. The number of hydrogen-bond donors (Lipinski definition) is 1. The number of nitrogens with one attached hydrogen (secondary N) is 1. The van der Waals surface area contributed by atoms with Gasteiger partial charge in [0, 0.05) is 36.8 Å². The molecule has 0 aromatic heterocycles. The fraction of sp³-hybridized carbons (Fsp3) is 0.571. The first-order valence-electron chi connectivity index (χ1n) is 6.80. The van der Waals surface area contributed by atoms with E-state index in [2.05, 4.69) is 5.32 Å². The number of rotatable bonds is 7. The third-order valence-corrected chi connectivity index (χ3v) is 5.29. The minimum absolute atomic E-state index is 0.0995. The van der Waals surface area contributed by atoms with Crippen LogP contribution in [0.2, 0.25) is 5.02 Å². The summed E-state index contributed by atoms with van der Waals surface area (Å²) in [6.07, 6.45) is 0. The molecule has 1 aromatic rings. The van der Waals surface area contributed by atoms with Crippen molar-refractivity contribution in [2.75, 3.05) is 20.7 Å². The van der Waals surface area contributed by atoms with Gasteiger partial charge >= 0.3 is 0 Å². The lowest BCUT2D eigenvalue weighted by atomic mass is 10.2. The molecule has 21 heavy (non-hydrogen) atoms. The van der Waals surface area contributed by atoms with Crippen LogP contribution in [-0.2, 0) is 16.6 Å². The minimum Gasteiger partial charge on any atom is -0.495 e. The van der Waals surface area contributed by atoms with Gasteiger partial charge in [0.25, 0.3) is 0 Å². The van der Waals surface area contributed by atoms with Gasteiger partial charge in [0.2, 0.25) is 10.0 Å². The van der Waals surface area contributed by atoms with E-state index in [9.17, 15) is 8.42 Å². The van der Waals surface area contributed by atoms with E-state index in [1.165, 1.54) is 24.5 Å². The lowest BCUT2D eigenvalue weighted by molar-refractivity contribution is 0.391. The van der Waals surface area contributed by atoms with Crippen LogP contribution >= 0.6 is 11.6 Å². The predicted molar refractivity (Wildman–Crippen MR) is 85.5 cm³/mol. The molecule has 0 fully saturated rings. The molecule has 0 amide bonds. The molecule has 0 aliphatic carbocycles. The largest absolute Gasteiger partial charge is 0.495 e. The van der Waals surface area contributed by atoms with Gasteiger partial charge in [-0.1, -0.05) is 32.4 Å². The highest BCUT2D eigenvalue weighted by atomic mass is 35.5. The molecule has 0 spiro atoms. The zero-order chi connectivity index (χ0) is 16.2. The van der Waals surface area contributed by atoms with Gasteiger partial charge in [-0.25, -0.2) is 12.7 Å². The van der Waals surface area contributed by atoms with Crippen LogP contribution in [0.1, 0.15) is 26.3 Å². The maximum absolute atomic E-state index is 12.6. The van der Waals surface area contributed by atoms with E-state index in [0.29, 0.717) is 23.9 Å². The third-order valence-electron chi connectivity index (χ3n) is 3.13. The van der Waals surface area contributed by atoms with Crippen molar-refractivity contribution in [3.63, 3.8) is 0 Å². The molecule has 0 aliphatic rings. The molecule has 0 saturated heterocycles. The number of methoxy groups -OCH3 is 1. The van der Waals surface area contributed by atoms with Crippen molar-refractivity contribution >= 4 is 21.6 Å². The highest BCUT2D eigenvalue weighted by Crippen LogP contribution is 2.33. The molecule has 0 heterocycles. The highest BCUT2D eigenvalue weighted by molar-refractivity contribution is 7.89. The van der Waals surface area contributed by atoms with E-state index in [-0.39, 0.29) is 10.9 Å². The van der Waals surface area contributed by atoms with Gasteiger partial charge in [0.15, 0.2) is 0 Å². The first-order chi connectivity index (χ1) is 9.73. The first-order valence-corrected chi connectivity index (χ1v) is 8.62. The Morgan fingerprint density at radius 3 is 2.48 bits per heavy atom. The summed E-state index contributed by atoms with van der Waals surface area (Å²) >= 11 is 6.08. The quantitative estimate of drug-likeness (QED) is 0.832. The van der Waals surface area contributed by atoms with Gasteiger partial charge in [-0.2, -0.15) is 0 Å². The van der Waals surface area contributed by atoms with Gasteiger partial charge in [0.1, 0.15) is 10.6 Å². The number of halogens is 1. The molecular weight excluding hydrogens is 312 g/mol. The Bertz CT molecular complexity index is 588. The first kappa shape index (κ1) is 18.2. The second kappa shape index (κ2) is 7.45. The van der Waals surface area contributed by atoms with Crippen LogP contribution in [0.25, 0.3) is 0 Å². The van der Waals surface area contributed by atoms with Crippen molar-refractivity contribution in [1.29, 1.82) is 0 Å². The van der Waals surface area contributed by atoms with Crippen LogP contribution in [0.4, 0.5) is 0 Å². The average molecular weight is 335 g/mol. The molecule has 0 atom stereocenters. The maximum Gasteiger partial charge on any atom is 0.246 e. The van der Waals surface area contributed by atoms with Crippen molar-refractivity contribution in [3.05, 3.63) is 22.7 Å². The molecule has 0 saturated carbocycles. The zero-order valence-electron chi connectivity index (χ0n) is 13.1. The number of sulfonamides is 1. The summed E-state index contributed by atoms with van der Waals surface area (Å²) in [6.45, 7) is 6.66. The molecule has 0 aliphatic heterocycles. The highest BCUT2D eigenvalue weighted by Gasteiger charge is 2.26. The second-order valence-electron chi connectivity index (χ2n) is 5.05. The third kappa shape index (κ3) is 4.32. The molecule has 1 rings (SSSR count). The Morgan fingerprint density at radius 2 is 2.00 bits per heavy atom. The Balaban J connectivity index is 3.39. The Kier molecular flexibility index (Phi) is 6.46. The molecular formula is C14H23ClN2O3S. The van der Waals surface area contributed by atoms with Crippen molar-refractivity contribution in [2.24, 2.45) is 0 Å². The summed E-state index contributed by atoms with van der Waals surface area (Å²) in [5.41, 5.74) is 0.724. The van der Waals surface area contributed by atoms with Gasteiger partial charge < -0.3 is 10.1 Å². The molecule has 5 nitrogen and oxygen atoms in total. The van der Waals surface area contributed by atoms with Crippen LogP contribution in [-0.4, -0.2) is 39.5 Å². The number of benzene rings is 1. The topological polar surface area (TPSA) is 58.6 Å². The van der Waals surface area contributed by atoms with Gasteiger partial charge in [0.05, 0.1) is 7.11 Å². The van der Waals surface area contributed by atoms with Crippen LogP contribution in [0.3, 0.4) is 0 Å². The van der Waals surface area contributed by atoms with E-state index in [4.69, 9.17) is 16.3 Å². The fourth-order valence-corrected chi connectivity index (χ4v) is 3.54. The van der Waals surface area contributed by atoms with Crippen LogP contribution < -0.4 is 10.1 Å². The second-order valence-corrected chi connectivity index (χ2v) is 7.50. The normalized spacial score (nSPS) is 12.2. The van der Waals surface area contributed by atoms with Crippen molar-refractivity contribution in [3.8, 4) is 5.75 Å². The Hall–Kier alpha value is -0.820. The van der Waals surface area contributed by atoms with Crippen molar-refractivity contribution < 1.29 is 13.2 Å². The summed E-state index contributed by atoms with van der Waals surface area (Å²) in [5.74, 6) is 0.341. The Labute approximate surface area is 132 Å². The van der Waals surface area contributed by atoms with Gasteiger partial charge in [-0.05, 0) is 12.1 Å². The minimum atomic E-state index is -3.62. The summed E-state index contributed by atoms with van der Waals surface area (Å²) in [6, 6.07) is 3.42. The van der Waals surface area contributed by atoms with E-state index >= 15 is 0 Å². The summed E-state index contributed by atoms with van der Waals surface area (Å²) in [7, 11) is -0.624. The van der Waals surface area contributed by atoms with Crippen LogP contribution in [0.15, 0.2) is 17.0 Å². The number of nitrogens with zero attached hydrogens (tertiary/aromatic N) is 1. The fourth-order valence-electron chi connectivity index (χ4n) is 1.83. The van der Waals surface area contributed by atoms with Crippen molar-refractivity contribution in [2.45, 2.75) is 38.3 Å². The summed E-state index contributed by atoms with van der Waals surface area (Å²) in [5, 5.41) is 3.61. The summed E-state index contributed by atoms with van der Waals surface area (Å²) in [4.78, 5) is 0.0995. The number of hydrogen-bond acceptors (Lipinski definition) is 4. The smallest absolute Gasteiger partial charge is 0.246 e. The molecule has 0 unspecified atom stereocenters. The molecule has 0 bridgehead atoms. The molecule has 120 valence electrons. The average Bonchev–Trinajstić information content (AvgIpc) is 2.43. The predicted octanol–water partition coefficient (Wildman–Crippen LogP) is 2.49. The van der Waals surface area contributed by atoms with E-state index in [1.54, 1.807) is 13.0 Å². The van der Waals surface area contributed by atoms with Crippen LogP contribution in [0.5, 0.6) is 5.75 Å². The van der Waals surface area contributed by atoms with Crippen molar-refractivity contribution in [1.82, 2.24) is 9.62 Å². The SMILES string of the molecule is CCN(C)S(=O)(=O)c1cc(Cl)cc(CNC(C)C)c1OC. The zero-order valence-corrected chi connectivity index (χ0v) is 14.7. The lowest BCUT2D eigenvalue weighted by Crippen LogP contribution is -2.27. The van der Waals surface area contributed by atoms with Gasteiger partial charge in [-0.15, -0.1) is 0 Å². The van der Waals surface area contributed by atoms with E-state index < -0.39 is 10.0 Å². The van der Waals surface area contributed by atoms with E-state index in [0.717, 1.165) is 5.56 Å². The van der Waals surface area contributed by atoms with Gasteiger partial charge in [-0.3, -0.25) is 0 Å². The molecule has 0 radical (unpaired) electrons. The molecule has 1 N–H and O–H groups in total. The molecule has 1 aromatic carbocycles. The number of ether oxygens (including phenoxy) is 1. The Morgan fingerprint density at radius 1 is 1.38 bits per heavy atom. The van der Waals surface area contributed by atoms with E-state index in [1.807, 2.05) is 13.8 Å².